The quantitative estimate of drug-likeness (QED) is 0.865. The van der Waals surface area contributed by atoms with E-state index in [1.807, 2.05) is 12.1 Å². The van der Waals surface area contributed by atoms with Gasteiger partial charge in [-0.2, -0.15) is 0 Å². The highest BCUT2D eigenvalue weighted by atomic mass is 19.1. The van der Waals surface area contributed by atoms with Crippen molar-refractivity contribution in [2.24, 2.45) is 0 Å². The van der Waals surface area contributed by atoms with Gasteiger partial charge in [0.05, 0.1) is 6.54 Å². The molecular weight excluding hydrogens is 265 g/mol. The molecule has 1 aromatic heterocycles. The van der Waals surface area contributed by atoms with Crippen LogP contribution in [0, 0.1) is 5.82 Å². The fraction of sp³-hybridized carbons (Fsp3) is 0.444. The SMILES string of the molecule is CC1(NCc2ccc(-c3ccc(F)cc3)o2)CCCCC1. The van der Waals surface area contributed by atoms with Crippen molar-refractivity contribution in [3.63, 3.8) is 0 Å². The Balaban J connectivity index is 1.63. The highest BCUT2D eigenvalue weighted by molar-refractivity contribution is 5.57. The molecular formula is C18H22FNO. The summed E-state index contributed by atoms with van der Waals surface area (Å²) in [7, 11) is 0. The summed E-state index contributed by atoms with van der Waals surface area (Å²) in [6.45, 7) is 3.05. The van der Waals surface area contributed by atoms with Gasteiger partial charge in [-0.25, -0.2) is 4.39 Å². The molecule has 0 unspecified atom stereocenters. The summed E-state index contributed by atoms with van der Waals surface area (Å²) in [4.78, 5) is 0. The van der Waals surface area contributed by atoms with E-state index in [1.165, 1.54) is 44.2 Å². The summed E-state index contributed by atoms with van der Waals surface area (Å²) in [5.74, 6) is 1.50. The van der Waals surface area contributed by atoms with Crippen molar-refractivity contribution in [3.8, 4) is 11.3 Å². The molecule has 112 valence electrons. The van der Waals surface area contributed by atoms with E-state index in [9.17, 15) is 4.39 Å². The van der Waals surface area contributed by atoms with Gasteiger partial charge in [0.15, 0.2) is 0 Å². The molecule has 3 heteroatoms. The van der Waals surface area contributed by atoms with Crippen molar-refractivity contribution >= 4 is 0 Å². The Morgan fingerprint density at radius 3 is 2.48 bits per heavy atom. The second kappa shape index (κ2) is 6.02. The van der Waals surface area contributed by atoms with Crippen molar-refractivity contribution in [3.05, 3.63) is 48.0 Å². The minimum Gasteiger partial charge on any atom is -0.460 e. The van der Waals surface area contributed by atoms with E-state index in [4.69, 9.17) is 4.42 Å². The van der Waals surface area contributed by atoms with E-state index in [1.54, 1.807) is 12.1 Å². The minimum absolute atomic E-state index is 0.225. The van der Waals surface area contributed by atoms with Crippen molar-refractivity contribution in [2.75, 3.05) is 0 Å². The number of hydrogen-bond acceptors (Lipinski definition) is 2. The topological polar surface area (TPSA) is 25.2 Å². The Hall–Kier alpha value is -1.61. The molecule has 0 spiro atoms. The van der Waals surface area contributed by atoms with Crippen molar-refractivity contribution < 1.29 is 8.81 Å². The van der Waals surface area contributed by atoms with Gasteiger partial charge in [-0.3, -0.25) is 0 Å². The molecule has 0 bridgehead atoms. The zero-order valence-corrected chi connectivity index (χ0v) is 12.5. The third kappa shape index (κ3) is 3.53. The average Bonchev–Trinajstić information content (AvgIpc) is 2.96. The van der Waals surface area contributed by atoms with Crippen molar-refractivity contribution in [1.29, 1.82) is 0 Å². The maximum atomic E-state index is 12.9. The summed E-state index contributed by atoms with van der Waals surface area (Å²) >= 11 is 0. The summed E-state index contributed by atoms with van der Waals surface area (Å²) in [5, 5.41) is 3.63. The maximum absolute atomic E-state index is 12.9. The average molecular weight is 287 g/mol. The smallest absolute Gasteiger partial charge is 0.134 e. The molecule has 3 rings (SSSR count). The largest absolute Gasteiger partial charge is 0.460 e. The molecule has 1 N–H and O–H groups in total. The van der Waals surface area contributed by atoms with E-state index in [2.05, 4.69) is 12.2 Å². The lowest BCUT2D eigenvalue weighted by Gasteiger charge is -2.34. The van der Waals surface area contributed by atoms with E-state index in [0.717, 1.165) is 23.6 Å². The van der Waals surface area contributed by atoms with Gasteiger partial charge in [-0.15, -0.1) is 0 Å². The molecule has 0 amide bonds. The number of rotatable bonds is 4. The Morgan fingerprint density at radius 1 is 1.05 bits per heavy atom. The number of hydrogen-bond donors (Lipinski definition) is 1. The van der Waals surface area contributed by atoms with Gasteiger partial charge in [0.2, 0.25) is 0 Å². The Labute approximate surface area is 125 Å². The molecule has 2 nitrogen and oxygen atoms in total. The summed E-state index contributed by atoms with van der Waals surface area (Å²) in [5.41, 5.74) is 1.15. The third-order valence-electron chi connectivity index (χ3n) is 4.44. The number of benzene rings is 1. The number of furan rings is 1. The van der Waals surface area contributed by atoms with Gasteiger partial charge >= 0.3 is 0 Å². The first kappa shape index (κ1) is 14.3. The van der Waals surface area contributed by atoms with E-state index < -0.39 is 0 Å². The van der Waals surface area contributed by atoms with Crippen molar-refractivity contribution in [2.45, 2.75) is 51.1 Å². The minimum atomic E-state index is -0.225. The third-order valence-corrected chi connectivity index (χ3v) is 4.44. The molecule has 0 atom stereocenters. The Kier molecular flexibility index (Phi) is 4.11. The predicted molar refractivity (Wildman–Crippen MR) is 82.4 cm³/mol. The molecule has 2 aromatic rings. The molecule has 0 aliphatic heterocycles. The standard InChI is InChI=1S/C18H22FNO/c1-18(11-3-2-4-12-18)20-13-16-9-10-17(21-16)14-5-7-15(19)8-6-14/h5-10,20H,2-4,11-13H2,1H3. The molecule has 1 saturated carbocycles. The number of halogens is 1. The molecule has 21 heavy (non-hydrogen) atoms. The molecule has 0 radical (unpaired) electrons. The lowest BCUT2D eigenvalue weighted by Crippen LogP contribution is -2.43. The summed E-state index contributed by atoms with van der Waals surface area (Å²) in [6.07, 6.45) is 6.44. The zero-order chi connectivity index (χ0) is 14.7. The first-order valence-corrected chi connectivity index (χ1v) is 7.74. The molecule has 1 aromatic carbocycles. The van der Waals surface area contributed by atoms with Crippen molar-refractivity contribution in [1.82, 2.24) is 5.32 Å². The van der Waals surface area contributed by atoms with Crippen LogP contribution in [0.4, 0.5) is 4.39 Å². The molecule has 1 heterocycles. The van der Waals surface area contributed by atoms with Crippen LogP contribution >= 0.6 is 0 Å². The number of nitrogens with one attached hydrogen (secondary N) is 1. The summed E-state index contributed by atoms with van der Waals surface area (Å²) in [6, 6.07) is 10.4. The van der Waals surface area contributed by atoms with Crippen LogP contribution < -0.4 is 5.32 Å². The molecule has 0 saturated heterocycles. The Bertz CT molecular complexity index is 582. The lowest BCUT2D eigenvalue weighted by molar-refractivity contribution is 0.245. The van der Waals surface area contributed by atoms with Gasteiger partial charge in [0.25, 0.3) is 0 Å². The predicted octanol–water partition coefficient (Wildman–Crippen LogP) is 4.90. The van der Waals surface area contributed by atoms with Gasteiger partial charge in [-0.05, 0) is 56.2 Å². The van der Waals surface area contributed by atoms with Crippen LogP contribution in [0.3, 0.4) is 0 Å². The monoisotopic (exact) mass is 287 g/mol. The van der Waals surface area contributed by atoms with Crippen LogP contribution in [0.25, 0.3) is 11.3 Å². The second-order valence-electron chi connectivity index (χ2n) is 6.25. The van der Waals surface area contributed by atoms with Crippen LogP contribution in [0.1, 0.15) is 44.8 Å². The maximum Gasteiger partial charge on any atom is 0.134 e. The van der Waals surface area contributed by atoms with E-state index >= 15 is 0 Å². The van der Waals surface area contributed by atoms with Gasteiger partial charge in [0, 0.05) is 11.1 Å². The Morgan fingerprint density at radius 2 is 1.76 bits per heavy atom. The van der Waals surface area contributed by atoms with Crippen LogP contribution in [0.2, 0.25) is 0 Å². The van der Waals surface area contributed by atoms with Crippen LogP contribution in [0.5, 0.6) is 0 Å². The molecule has 1 aliphatic carbocycles. The first-order valence-electron chi connectivity index (χ1n) is 7.74. The van der Waals surface area contributed by atoms with Crippen LogP contribution in [-0.2, 0) is 6.54 Å². The fourth-order valence-electron chi connectivity index (χ4n) is 3.05. The van der Waals surface area contributed by atoms with Gasteiger partial charge in [-0.1, -0.05) is 19.3 Å². The van der Waals surface area contributed by atoms with E-state index in [0.29, 0.717) is 0 Å². The zero-order valence-electron chi connectivity index (χ0n) is 12.5. The van der Waals surface area contributed by atoms with Gasteiger partial charge in [0.1, 0.15) is 17.3 Å². The van der Waals surface area contributed by atoms with Crippen LogP contribution in [-0.4, -0.2) is 5.54 Å². The highest BCUT2D eigenvalue weighted by Crippen LogP contribution is 2.28. The molecule has 1 fully saturated rings. The second-order valence-corrected chi connectivity index (χ2v) is 6.25. The molecule has 1 aliphatic rings. The summed E-state index contributed by atoms with van der Waals surface area (Å²) < 4.78 is 18.8. The lowest BCUT2D eigenvalue weighted by atomic mass is 9.83. The normalized spacial score (nSPS) is 17.8. The van der Waals surface area contributed by atoms with Crippen LogP contribution in [0.15, 0.2) is 40.8 Å². The van der Waals surface area contributed by atoms with Gasteiger partial charge < -0.3 is 9.73 Å². The highest BCUT2D eigenvalue weighted by Gasteiger charge is 2.26. The fourth-order valence-corrected chi connectivity index (χ4v) is 3.05. The van der Waals surface area contributed by atoms with E-state index in [-0.39, 0.29) is 11.4 Å². The first-order chi connectivity index (χ1) is 10.1.